The van der Waals surface area contributed by atoms with Gasteiger partial charge in [-0.2, -0.15) is 0 Å². The van der Waals surface area contributed by atoms with Gasteiger partial charge in [-0.05, 0) is 47.8 Å². The summed E-state index contributed by atoms with van der Waals surface area (Å²) in [5, 5.41) is 5.97. The first-order chi connectivity index (χ1) is 8.26. The lowest BCUT2D eigenvalue weighted by Crippen LogP contribution is -2.06. The highest BCUT2D eigenvalue weighted by molar-refractivity contribution is 7.14. The van der Waals surface area contributed by atoms with E-state index in [-0.39, 0.29) is 0 Å². The van der Waals surface area contributed by atoms with Crippen molar-refractivity contribution in [3.8, 4) is 16.2 Å². The molecule has 17 heavy (non-hydrogen) atoms. The Kier molecular flexibility index (Phi) is 4.05. The Bertz CT molecular complexity index is 510. The van der Waals surface area contributed by atoms with Gasteiger partial charge in [0.25, 0.3) is 0 Å². The van der Waals surface area contributed by atoms with Crippen LogP contribution in [0.15, 0.2) is 29.6 Å². The number of hydrogen-bond acceptors (Lipinski definition) is 3. The lowest BCUT2D eigenvalue weighted by atomic mass is 10.1. The molecule has 0 spiro atoms. The van der Waals surface area contributed by atoms with Crippen molar-refractivity contribution in [3.05, 3.63) is 40.2 Å². The maximum absolute atomic E-state index is 6.18. The minimum absolute atomic E-state index is 0.792. The Morgan fingerprint density at radius 1 is 1.35 bits per heavy atom. The number of thiophene rings is 1. The molecule has 1 aromatic carbocycles. The van der Waals surface area contributed by atoms with Crippen molar-refractivity contribution in [1.82, 2.24) is 5.32 Å². The van der Waals surface area contributed by atoms with Gasteiger partial charge < -0.3 is 10.1 Å². The normalized spacial score (nSPS) is 10.5. The lowest BCUT2D eigenvalue weighted by Gasteiger charge is -2.10. The summed E-state index contributed by atoms with van der Waals surface area (Å²) in [6.07, 6.45) is 0. The second-order valence-electron chi connectivity index (χ2n) is 3.65. The van der Waals surface area contributed by atoms with E-state index in [1.807, 2.05) is 30.6 Å². The summed E-state index contributed by atoms with van der Waals surface area (Å²) in [7, 11) is 3.61. The van der Waals surface area contributed by atoms with Crippen LogP contribution in [0.25, 0.3) is 10.4 Å². The van der Waals surface area contributed by atoms with Crippen LogP contribution < -0.4 is 10.1 Å². The van der Waals surface area contributed by atoms with Crippen molar-refractivity contribution in [2.75, 3.05) is 14.2 Å². The van der Waals surface area contributed by atoms with Crippen molar-refractivity contribution in [2.24, 2.45) is 0 Å². The van der Waals surface area contributed by atoms with Gasteiger partial charge in [-0.15, -0.1) is 11.3 Å². The summed E-state index contributed by atoms with van der Waals surface area (Å²) in [6.45, 7) is 0.792. The molecule has 0 unspecified atom stereocenters. The first kappa shape index (κ1) is 12.4. The maximum Gasteiger partial charge on any atom is 0.119 e. The Morgan fingerprint density at radius 3 is 2.76 bits per heavy atom. The van der Waals surface area contributed by atoms with Gasteiger partial charge in [0.05, 0.1) is 17.0 Å². The molecule has 90 valence electrons. The minimum atomic E-state index is 0.792. The largest absolute Gasteiger partial charge is 0.497 e. The van der Waals surface area contributed by atoms with E-state index in [1.54, 1.807) is 18.4 Å². The van der Waals surface area contributed by atoms with Crippen LogP contribution in [0.5, 0.6) is 5.75 Å². The molecule has 0 radical (unpaired) electrons. The molecule has 0 fully saturated rings. The average molecular weight is 268 g/mol. The zero-order valence-corrected chi connectivity index (χ0v) is 11.4. The highest BCUT2D eigenvalue weighted by atomic mass is 35.5. The monoisotopic (exact) mass is 267 g/mol. The van der Waals surface area contributed by atoms with Gasteiger partial charge in [0.15, 0.2) is 0 Å². The highest BCUT2D eigenvalue weighted by Gasteiger charge is 2.10. The van der Waals surface area contributed by atoms with Crippen LogP contribution in [0.4, 0.5) is 0 Å². The van der Waals surface area contributed by atoms with Crippen LogP contribution >= 0.6 is 22.9 Å². The van der Waals surface area contributed by atoms with E-state index in [0.717, 1.165) is 22.2 Å². The second-order valence-corrected chi connectivity index (χ2v) is 4.97. The number of rotatable bonds is 4. The molecule has 0 amide bonds. The molecule has 0 aliphatic heterocycles. The molecule has 0 aliphatic carbocycles. The lowest BCUT2D eigenvalue weighted by molar-refractivity contribution is 0.414. The molecular weight excluding hydrogens is 254 g/mol. The van der Waals surface area contributed by atoms with Gasteiger partial charge in [0.1, 0.15) is 5.75 Å². The number of halogens is 1. The first-order valence-electron chi connectivity index (χ1n) is 5.31. The van der Waals surface area contributed by atoms with Gasteiger partial charge in [-0.3, -0.25) is 0 Å². The quantitative estimate of drug-likeness (QED) is 0.910. The third kappa shape index (κ3) is 2.63. The van der Waals surface area contributed by atoms with E-state index in [0.29, 0.717) is 0 Å². The summed E-state index contributed by atoms with van der Waals surface area (Å²) in [5.41, 5.74) is 2.36. The zero-order valence-electron chi connectivity index (χ0n) is 9.79. The van der Waals surface area contributed by atoms with Crippen molar-refractivity contribution >= 4 is 22.9 Å². The van der Waals surface area contributed by atoms with Crippen LogP contribution in [0.1, 0.15) is 5.56 Å². The predicted octanol–water partition coefficient (Wildman–Crippen LogP) is 3.80. The number of ether oxygens (including phenoxy) is 1. The van der Waals surface area contributed by atoms with Crippen LogP contribution in [0.3, 0.4) is 0 Å². The van der Waals surface area contributed by atoms with Gasteiger partial charge in [0, 0.05) is 6.54 Å². The molecule has 1 aromatic heterocycles. The predicted molar refractivity (Wildman–Crippen MR) is 74.1 cm³/mol. The van der Waals surface area contributed by atoms with E-state index in [4.69, 9.17) is 16.3 Å². The Hall–Kier alpha value is -1.03. The minimum Gasteiger partial charge on any atom is -0.497 e. The van der Waals surface area contributed by atoms with E-state index in [1.165, 1.54) is 11.1 Å². The van der Waals surface area contributed by atoms with Crippen molar-refractivity contribution in [1.29, 1.82) is 0 Å². The summed E-state index contributed by atoms with van der Waals surface area (Å²) in [4.78, 5) is 1.11. The smallest absolute Gasteiger partial charge is 0.119 e. The van der Waals surface area contributed by atoms with E-state index in [9.17, 15) is 0 Å². The number of hydrogen-bond donors (Lipinski definition) is 1. The van der Waals surface area contributed by atoms with Gasteiger partial charge in [-0.25, -0.2) is 0 Å². The van der Waals surface area contributed by atoms with Gasteiger partial charge >= 0.3 is 0 Å². The summed E-state index contributed by atoms with van der Waals surface area (Å²) in [5.74, 6) is 0.867. The maximum atomic E-state index is 6.18. The molecule has 4 heteroatoms. The standard InChI is InChI=1S/C13H14ClNOS/c1-15-8-9-7-10(16-2)3-4-11(9)13-12(14)5-6-17-13/h3-7,15H,8H2,1-2H3. The summed E-state index contributed by atoms with van der Waals surface area (Å²) < 4.78 is 5.25. The summed E-state index contributed by atoms with van der Waals surface area (Å²) >= 11 is 7.83. The molecule has 2 aromatic rings. The fourth-order valence-electron chi connectivity index (χ4n) is 1.74. The molecule has 0 saturated carbocycles. The molecule has 1 N–H and O–H groups in total. The average Bonchev–Trinajstić information content (AvgIpc) is 2.76. The molecule has 2 rings (SSSR count). The molecular formula is C13H14ClNOS. The topological polar surface area (TPSA) is 21.3 Å². The molecule has 0 saturated heterocycles. The number of nitrogens with one attached hydrogen (secondary N) is 1. The van der Waals surface area contributed by atoms with E-state index >= 15 is 0 Å². The van der Waals surface area contributed by atoms with Gasteiger partial charge in [-0.1, -0.05) is 11.6 Å². The van der Waals surface area contributed by atoms with E-state index < -0.39 is 0 Å². The summed E-state index contributed by atoms with van der Waals surface area (Å²) in [6, 6.07) is 7.99. The van der Waals surface area contributed by atoms with Crippen LogP contribution in [-0.4, -0.2) is 14.2 Å². The van der Waals surface area contributed by atoms with E-state index in [2.05, 4.69) is 11.4 Å². The van der Waals surface area contributed by atoms with Crippen molar-refractivity contribution in [2.45, 2.75) is 6.54 Å². The van der Waals surface area contributed by atoms with Crippen LogP contribution in [0.2, 0.25) is 5.02 Å². The van der Waals surface area contributed by atoms with Crippen LogP contribution in [0, 0.1) is 0 Å². The van der Waals surface area contributed by atoms with Crippen molar-refractivity contribution < 1.29 is 4.74 Å². The number of methoxy groups -OCH3 is 1. The molecule has 0 bridgehead atoms. The highest BCUT2D eigenvalue weighted by Crippen LogP contribution is 2.36. The first-order valence-corrected chi connectivity index (χ1v) is 6.57. The molecule has 0 atom stereocenters. The van der Waals surface area contributed by atoms with Gasteiger partial charge in [0.2, 0.25) is 0 Å². The molecule has 1 heterocycles. The molecule has 2 nitrogen and oxygen atoms in total. The third-order valence-corrected chi connectivity index (χ3v) is 3.92. The number of benzene rings is 1. The Balaban J connectivity index is 2.49. The van der Waals surface area contributed by atoms with Crippen molar-refractivity contribution in [3.63, 3.8) is 0 Å². The van der Waals surface area contributed by atoms with Crippen LogP contribution in [-0.2, 0) is 6.54 Å². The fourth-order valence-corrected chi connectivity index (χ4v) is 2.96. The Morgan fingerprint density at radius 2 is 2.18 bits per heavy atom. The Labute approximate surface area is 110 Å². The SMILES string of the molecule is CNCc1cc(OC)ccc1-c1sccc1Cl. The zero-order chi connectivity index (χ0) is 12.3. The second kappa shape index (κ2) is 5.54. The fraction of sp³-hybridized carbons (Fsp3) is 0.231. The molecule has 0 aliphatic rings. The third-order valence-electron chi connectivity index (χ3n) is 2.54.